The number of nitrogens with zero attached hydrogens (tertiary/aromatic N) is 8. The largest absolute Gasteiger partial charge is 0.399 e. The minimum Gasteiger partial charge on any atom is -0.399 e. The number of imidazole rings is 2. The molecule has 67 heavy (non-hydrogen) atoms. The lowest BCUT2D eigenvalue weighted by Crippen LogP contribution is -2.39. The first-order valence-electron chi connectivity index (χ1n) is 23.5. The van der Waals surface area contributed by atoms with Crippen LogP contribution >= 0.6 is 0 Å². The molecule has 0 radical (unpaired) electrons. The number of allylic oxidation sites excluding steroid dienone is 4. The topological polar surface area (TPSA) is 131 Å². The van der Waals surface area contributed by atoms with Crippen molar-refractivity contribution in [3.8, 4) is 0 Å². The molecule has 2 aliphatic heterocycles. The van der Waals surface area contributed by atoms with Crippen LogP contribution in [-0.4, -0.2) is 78.9 Å². The maximum absolute atomic E-state index is 13.2. The highest BCUT2D eigenvalue weighted by molar-refractivity contribution is 5.94. The third kappa shape index (κ3) is 11.4. The van der Waals surface area contributed by atoms with Crippen molar-refractivity contribution in [2.24, 2.45) is 16.6 Å². The Morgan fingerprint density at radius 1 is 0.851 bits per heavy atom. The SMILES string of the molecule is C=C(Nc1nc2cc(C(=C)N)cc3c2n1C/C=C/Cn1c(NC(=C)c2cc(C)nn2CC)nc2cc(C(=C)NCCCN4CCC(C(F)(F)F)CC4)cc(c21)CCCCC3)/C(C)=C/C(C)=N\C. The van der Waals surface area contributed by atoms with Crippen LogP contribution in [0, 0.1) is 12.8 Å². The Bertz CT molecular complexity index is 2750. The van der Waals surface area contributed by atoms with Gasteiger partial charge < -0.3 is 35.7 Å². The lowest BCUT2D eigenvalue weighted by molar-refractivity contribution is -0.185. The predicted octanol–water partition coefficient (Wildman–Crippen LogP) is 10.6. The number of nitrogens with two attached hydrogens (primary N) is 1. The van der Waals surface area contributed by atoms with Crippen molar-refractivity contribution in [1.82, 2.24) is 39.1 Å². The molecule has 2 aromatic carbocycles. The summed E-state index contributed by atoms with van der Waals surface area (Å²) in [5, 5.41) is 15.3. The molecule has 5 N–H and O–H groups in total. The van der Waals surface area contributed by atoms with Gasteiger partial charge in [-0.25, -0.2) is 9.97 Å². The van der Waals surface area contributed by atoms with Crippen LogP contribution < -0.4 is 21.7 Å². The van der Waals surface area contributed by atoms with E-state index >= 15 is 0 Å². The fraction of sp³-hybridized carbons (Fsp3) is 0.423. The number of anilines is 2. The second-order valence-electron chi connectivity index (χ2n) is 18.0. The van der Waals surface area contributed by atoms with Crippen molar-refractivity contribution in [2.45, 2.75) is 105 Å². The van der Waals surface area contributed by atoms with Gasteiger partial charge in [0.25, 0.3) is 0 Å². The Morgan fingerprint density at radius 2 is 1.45 bits per heavy atom. The molecule has 15 heteroatoms. The molecule has 356 valence electrons. The van der Waals surface area contributed by atoms with Crippen LogP contribution in [0.4, 0.5) is 25.1 Å². The van der Waals surface area contributed by atoms with Gasteiger partial charge in [0.15, 0.2) is 0 Å². The van der Waals surface area contributed by atoms with Crippen molar-refractivity contribution in [2.75, 3.05) is 43.9 Å². The minimum absolute atomic E-state index is 0.163. The first-order valence-corrected chi connectivity index (χ1v) is 23.5. The average molecular weight is 917 g/mol. The van der Waals surface area contributed by atoms with Crippen LogP contribution in [0.5, 0.6) is 0 Å². The van der Waals surface area contributed by atoms with Crippen molar-refractivity contribution >= 4 is 56.8 Å². The van der Waals surface area contributed by atoms with E-state index in [1.165, 1.54) is 5.56 Å². The van der Waals surface area contributed by atoms with E-state index in [1.54, 1.807) is 7.05 Å². The van der Waals surface area contributed by atoms with Gasteiger partial charge in [-0.05, 0) is 157 Å². The highest BCUT2D eigenvalue weighted by atomic mass is 19.4. The summed E-state index contributed by atoms with van der Waals surface area (Å²) in [4.78, 5) is 16.8. The Labute approximate surface area is 393 Å². The normalized spacial score (nSPS) is 16.4. The van der Waals surface area contributed by atoms with Crippen molar-refractivity contribution in [3.63, 3.8) is 0 Å². The number of alkyl halides is 3. The Morgan fingerprint density at radius 3 is 2.03 bits per heavy atom. The monoisotopic (exact) mass is 917 g/mol. The van der Waals surface area contributed by atoms with Gasteiger partial charge in [-0.15, -0.1) is 0 Å². The molecular weight excluding hydrogens is 850 g/mol. The summed E-state index contributed by atoms with van der Waals surface area (Å²) in [6.07, 6.45) is 7.88. The lowest BCUT2D eigenvalue weighted by atomic mass is 9.96. The summed E-state index contributed by atoms with van der Waals surface area (Å²) in [6.45, 7) is 29.4. The molecule has 1 saturated heterocycles. The maximum atomic E-state index is 13.2. The van der Waals surface area contributed by atoms with Crippen molar-refractivity contribution in [3.05, 3.63) is 120 Å². The molecule has 0 aliphatic carbocycles. The molecule has 2 aliphatic rings. The number of rotatable bonds is 15. The van der Waals surface area contributed by atoms with Gasteiger partial charge in [0.1, 0.15) is 0 Å². The molecule has 5 heterocycles. The smallest absolute Gasteiger partial charge is 0.391 e. The second-order valence-corrected chi connectivity index (χ2v) is 18.0. The quantitative estimate of drug-likeness (QED) is 0.0353. The molecule has 12 nitrogen and oxygen atoms in total. The molecule has 0 unspecified atom stereocenters. The summed E-state index contributed by atoms with van der Waals surface area (Å²) >= 11 is 0. The zero-order valence-electron chi connectivity index (χ0n) is 39.9. The number of benzene rings is 2. The molecule has 5 aromatic rings. The van der Waals surface area contributed by atoms with E-state index < -0.39 is 12.1 Å². The van der Waals surface area contributed by atoms with Crippen LogP contribution in [-0.2, 0) is 32.5 Å². The van der Waals surface area contributed by atoms with E-state index in [0.717, 1.165) is 118 Å². The van der Waals surface area contributed by atoms with E-state index in [4.69, 9.17) is 15.7 Å². The van der Waals surface area contributed by atoms with Crippen LogP contribution in [0.15, 0.2) is 91.1 Å². The third-order valence-electron chi connectivity index (χ3n) is 13.0. The van der Waals surface area contributed by atoms with Crippen LogP contribution in [0.2, 0.25) is 0 Å². The number of aromatic nitrogens is 6. The molecule has 3 aromatic heterocycles. The van der Waals surface area contributed by atoms with Gasteiger partial charge in [-0.3, -0.25) is 9.67 Å². The number of aliphatic imine (C=N–C) groups is 1. The fourth-order valence-electron chi connectivity index (χ4n) is 9.22. The summed E-state index contributed by atoms with van der Waals surface area (Å²) < 4.78 is 46.1. The number of nitrogens with one attached hydrogen (secondary N) is 3. The molecule has 0 atom stereocenters. The number of hydrogen-bond donors (Lipinski definition) is 4. The van der Waals surface area contributed by atoms with E-state index in [0.29, 0.717) is 62.6 Å². The third-order valence-corrected chi connectivity index (χ3v) is 13.0. The molecule has 0 spiro atoms. The zero-order valence-corrected chi connectivity index (χ0v) is 39.9. The Hall–Kier alpha value is -6.35. The van der Waals surface area contributed by atoms with E-state index in [9.17, 15) is 13.2 Å². The Kier molecular flexibility index (Phi) is 15.3. The van der Waals surface area contributed by atoms with E-state index in [1.807, 2.05) is 43.7 Å². The van der Waals surface area contributed by atoms with E-state index in [-0.39, 0.29) is 12.8 Å². The maximum Gasteiger partial charge on any atom is 0.391 e. The van der Waals surface area contributed by atoms with Crippen molar-refractivity contribution in [1.29, 1.82) is 0 Å². The predicted molar refractivity (Wildman–Crippen MR) is 271 cm³/mol. The second kappa shape index (κ2) is 21.1. The molecule has 7 rings (SSSR count). The first-order chi connectivity index (χ1) is 32.0. The fourth-order valence-corrected chi connectivity index (χ4v) is 9.22. The molecule has 0 bridgehead atoms. The molecule has 1 fully saturated rings. The van der Waals surface area contributed by atoms with Crippen molar-refractivity contribution < 1.29 is 13.2 Å². The lowest BCUT2D eigenvalue weighted by Gasteiger charge is -2.32. The number of hydrogen-bond acceptors (Lipinski definition) is 9. The van der Waals surface area contributed by atoms with Gasteiger partial charge in [0, 0.05) is 56.0 Å². The summed E-state index contributed by atoms with van der Waals surface area (Å²) in [7, 11) is 1.77. The number of halogens is 3. The van der Waals surface area contributed by atoms with Gasteiger partial charge in [-0.2, -0.15) is 18.3 Å². The minimum atomic E-state index is -4.11. The standard InChI is InChI=1S/C52H67F3N12/c1-10-67-47(28-35(4)63-67)39(8)60-51-62-46-32-43(38(7)58-21-16-22-64-25-19-44(20-26-64)52(53,54)55)30-41-18-13-11-12-17-40-29-42(36(5)56)31-45-48(40)65(23-14-15-24-66(51)49(41)46)50(61-45)59-37(6)33(2)27-34(3)57-9/h14-15,27-32,44,58H,5-8,10-13,16-26,56H2,1-4,9H3,(H,59,61)(H,60,62)/b15-14+,33-27+,57-34-. The van der Waals surface area contributed by atoms with Gasteiger partial charge >= 0.3 is 6.18 Å². The van der Waals surface area contributed by atoms with Gasteiger partial charge in [0.05, 0.1) is 45.1 Å². The zero-order chi connectivity index (χ0) is 48.0. The van der Waals surface area contributed by atoms with Crippen LogP contribution in [0.3, 0.4) is 0 Å². The number of likely N-dealkylation sites (tertiary alicyclic amines) is 1. The van der Waals surface area contributed by atoms with Gasteiger partial charge in [-0.1, -0.05) is 44.9 Å². The first kappa shape index (κ1) is 48.6. The Balaban J connectivity index is 1.21. The summed E-state index contributed by atoms with van der Waals surface area (Å²) in [6, 6.07) is 10.5. The van der Waals surface area contributed by atoms with Crippen LogP contribution in [0.25, 0.3) is 39.2 Å². The van der Waals surface area contributed by atoms with Gasteiger partial charge in [0.2, 0.25) is 11.9 Å². The van der Waals surface area contributed by atoms with E-state index in [2.05, 4.69) is 104 Å². The number of piperidine rings is 1. The molecule has 0 saturated carbocycles. The summed E-state index contributed by atoms with van der Waals surface area (Å²) in [5.41, 5.74) is 20.6. The molecular formula is C52H67F3N12. The van der Waals surface area contributed by atoms with Crippen LogP contribution in [0.1, 0.15) is 92.9 Å². The average Bonchev–Trinajstić information content (AvgIpc) is 3.97. The highest BCUT2D eigenvalue weighted by Crippen LogP contribution is 2.35. The summed E-state index contributed by atoms with van der Waals surface area (Å²) in [5.74, 6) is 0.150. The number of aryl methyl sites for hydroxylation is 4. The molecule has 0 amide bonds. The highest BCUT2D eigenvalue weighted by Gasteiger charge is 2.41.